The highest BCUT2D eigenvalue weighted by Gasteiger charge is 2.27. The topological polar surface area (TPSA) is 117 Å². The number of hydrogen-bond acceptors (Lipinski definition) is 5. The molecule has 4 aromatic rings. The number of thiophene rings is 1. The molecule has 1 saturated heterocycles. The zero-order valence-electron chi connectivity index (χ0n) is 18.1. The maximum absolute atomic E-state index is 13.0. The summed E-state index contributed by atoms with van der Waals surface area (Å²) in [6.07, 6.45) is -0.180. The average Bonchev–Trinajstić information content (AvgIpc) is 3.39. The highest BCUT2D eigenvalue weighted by atomic mass is 32.1. The van der Waals surface area contributed by atoms with Gasteiger partial charge in [-0.1, -0.05) is 53.8 Å². The summed E-state index contributed by atoms with van der Waals surface area (Å²) in [4.78, 5) is 41.9. The first-order chi connectivity index (χ1) is 16.5. The van der Waals surface area contributed by atoms with Crippen LogP contribution in [0, 0.1) is 0 Å². The summed E-state index contributed by atoms with van der Waals surface area (Å²) in [5.74, 6) is 0. The second-order valence-corrected chi connectivity index (χ2v) is 9.03. The molecule has 9 nitrogen and oxygen atoms in total. The number of aromatic amines is 1. The predicted octanol–water partition coefficient (Wildman–Crippen LogP) is 4.98. The Morgan fingerprint density at radius 1 is 1.06 bits per heavy atom. The van der Waals surface area contributed by atoms with E-state index in [9.17, 15) is 14.4 Å². The molecule has 3 heterocycles. The quantitative estimate of drug-likeness (QED) is 0.358. The van der Waals surface area contributed by atoms with E-state index >= 15 is 0 Å². The molecule has 0 aliphatic carbocycles. The Morgan fingerprint density at radius 3 is 2.50 bits per heavy atom. The van der Waals surface area contributed by atoms with Crippen molar-refractivity contribution in [1.82, 2.24) is 14.5 Å². The van der Waals surface area contributed by atoms with Crippen LogP contribution in [0.2, 0.25) is 0 Å². The molecule has 34 heavy (non-hydrogen) atoms. The number of benzene rings is 2. The van der Waals surface area contributed by atoms with Crippen LogP contribution < -0.4 is 15.7 Å². The summed E-state index contributed by atoms with van der Waals surface area (Å²) >= 11 is 1.15. The number of nitrogens with zero attached hydrogens (tertiary/aromatic N) is 2. The van der Waals surface area contributed by atoms with Crippen LogP contribution in [0.4, 0.5) is 15.3 Å². The second kappa shape index (κ2) is 9.06. The largest absolute Gasteiger partial charge is 0.512 e. The van der Waals surface area contributed by atoms with E-state index in [0.29, 0.717) is 31.6 Å². The maximum Gasteiger partial charge on any atom is 0.512 e. The van der Waals surface area contributed by atoms with Crippen molar-refractivity contribution in [2.45, 2.75) is 18.9 Å². The van der Waals surface area contributed by atoms with Gasteiger partial charge in [-0.2, -0.15) is 0 Å². The summed E-state index contributed by atoms with van der Waals surface area (Å²) in [7, 11) is 0. The number of fused-ring (bicyclic) bond motifs is 1. The van der Waals surface area contributed by atoms with Gasteiger partial charge in [-0.15, -0.1) is 0 Å². The van der Waals surface area contributed by atoms with Gasteiger partial charge in [0.15, 0.2) is 0 Å². The van der Waals surface area contributed by atoms with Crippen molar-refractivity contribution in [2.75, 3.05) is 18.4 Å². The number of nitrogens with one attached hydrogen (secondary N) is 2. The third kappa shape index (κ3) is 4.27. The number of carbonyl (C=O) groups excluding carboxylic acids is 1. The van der Waals surface area contributed by atoms with Crippen molar-refractivity contribution in [3.63, 3.8) is 0 Å². The number of H-pyrrole nitrogens is 1. The fourth-order valence-corrected chi connectivity index (χ4v) is 5.28. The first-order valence-electron chi connectivity index (χ1n) is 10.8. The van der Waals surface area contributed by atoms with Crippen molar-refractivity contribution in [1.29, 1.82) is 0 Å². The van der Waals surface area contributed by atoms with Crippen molar-refractivity contribution in [2.24, 2.45) is 0 Å². The smallest absolute Gasteiger partial charge is 0.449 e. The summed E-state index contributed by atoms with van der Waals surface area (Å²) in [5.41, 5.74) is 2.72. The molecule has 0 spiro atoms. The molecule has 1 fully saturated rings. The van der Waals surface area contributed by atoms with E-state index in [4.69, 9.17) is 9.84 Å². The number of amides is 2. The fraction of sp³-hybridized carbons (Fsp3) is 0.208. The van der Waals surface area contributed by atoms with Crippen LogP contribution >= 0.6 is 11.3 Å². The number of aromatic nitrogens is 2. The number of hydrogen-bond donors (Lipinski definition) is 3. The van der Waals surface area contributed by atoms with E-state index in [1.165, 1.54) is 0 Å². The van der Waals surface area contributed by atoms with Crippen molar-refractivity contribution >= 4 is 40.2 Å². The second-order valence-electron chi connectivity index (χ2n) is 8.01. The molecule has 0 saturated carbocycles. The van der Waals surface area contributed by atoms with Crippen LogP contribution in [0.15, 0.2) is 65.5 Å². The van der Waals surface area contributed by atoms with Crippen molar-refractivity contribution in [3.05, 3.63) is 71.1 Å². The molecule has 2 amide bonds. The third-order valence-corrected chi connectivity index (χ3v) is 6.98. The molecule has 10 heteroatoms. The number of likely N-dealkylation sites (tertiary alicyclic amines) is 1. The molecule has 174 valence electrons. The highest BCUT2D eigenvalue weighted by Crippen LogP contribution is 2.41. The van der Waals surface area contributed by atoms with Crippen LogP contribution in [0.1, 0.15) is 18.9 Å². The lowest BCUT2D eigenvalue weighted by molar-refractivity contribution is 0.146. The van der Waals surface area contributed by atoms with Gasteiger partial charge >= 0.3 is 17.9 Å². The predicted molar refractivity (Wildman–Crippen MR) is 130 cm³/mol. The van der Waals surface area contributed by atoms with Crippen LogP contribution in [0.3, 0.4) is 0 Å². The Labute approximate surface area is 198 Å². The number of carboxylic acid groups (broad SMARTS) is 1. The summed E-state index contributed by atoms with van der Waals surface area (Å²) in [6, 6.07) is 18.4. The van der Waals surface area contributed by atoms with Crippen LogP contribution in [0.25, 0.3) is 21.5 Å². The number of imidazole rings is 1. The van der Waals surface area contributed by atoms with Gasteiger partial charge in [0.05, 0.1) is 16.7 Å². The normalized spacial score (nSPS) is 14.3. The Kier molecular flexibility index (Phi) is 5.81. The number of carbonyl (C=O) groups is 2. The Bertz CT molecular complexity index is 1400. The van der Waals surface area contributed by atoms with E-state index in [0.717, 1.165) is 32.8 Å². The molecule has 2 aromatic carbocycles. The van der Waals surface area contributed by atoms with Gasteiger partial charge in [-0.25, -0.2) is 14.4 Å². The highest BCUT2D eigenvalue weighted by molar-refractivity contribution is 7.18. The van der Waals surface area contributed by atoms with E-state index in [1.54, 1.807) is 15.5 Å². The maximum atomic E-state index is 13.0. The number of para-hydroxylation sites is 2. The van der Waals surface area contributed by atoms with Gasteiger partial charge in [0.25, 0.3) is 0 Å². The van der Waals surface area contributed by atoms with Gasteiger partial charge in [-0.3, -0.25) is 4.57 Å². The molecule has 2 aromatic heterocycles. The minimum Gasteiger partial charge on any atom is -0.449 e. The number of rotatable bonds is 4. The van der Waals surface area contributed by atoms with Gasteiger partial charge < -0.3 is 25.0 Å². The first kappa shape index (κ1) is 21.8. The molecule has 3 N–H and O–H groups in total. The monoisotopic (exact) mass is 478 g/mol. The van der Waals surface area contributed by atoms with Gasteiger partial charge in [0, 0.05) is 24.0 Å². The first-order valence-corrected chi connectivity index (χ1v) is 11.7. The summed E-state index contributed by atoms with van der Waals surface area (Å²) in [5, 5.41) is 12.0. The lowest BCUT2D eigenvalue weighted by atomic mass is 10.0. The number of ether oxygens (including phenoxy) is 1. The zero-order valence-corrected chi connectivity index (χ0v) is 18.9. The average molecular weight is 479 g/mol. The third-order valence-electron chi connectivity index (χ3n) is 5.92. The van der Waals surface area contributed by atoms with E-state index in [-0.39, 0.29) is 22.8 Å². The van der Waals surface area contributed by atoms with Crippen LogP contribution in [-0.2, 0) is 0 Å². The van der Waals surface area contributed by atoms with Gasteiger partial charge in [0.1, 0.15) is 0 Å². The van der Waals surface area contributed by atoms with E-state index < -0.39 is 6.16 Å². The lowest BCUT2D eigenvalue weighted by Crippen LogP contribution is -2.42. The summed E-state index contributed by atoms with van der Waals surface area (Å²) < 4.78 is 6.69. The standard InChI is InChI=1S/C24H22N4O5S/c29-22(26-18-14-20(15-6-2-1-3-7-15)34-21(18)33-24(31)32)27-12-10-16(11-13-27)28-19-9-5-4-8-17(19)25-23(28)30/h1-9,14,16H,10-13H2,(H,25,30)(H,26,29)(H,31,32). The van der Waals surface area contributed by atoms with E-state index in [2.05, 4.69) is 10.3 Å². The molecule has 5 rings (SSSR count). The van der Waals surface area contributed by atoms with Crippen molar-refractivity contribution in [3.8, 4) is 15.5 Å². The molecule has 0 unspecified atom stereocenters. The Morgan fingerprint density at radius 2 is 1.76 bits per heavy atom. The molecule has 0 bridgehead atoms. The number of anilines is 1. The molecular weight excluding hydrogens is 456 g/mol. The molecule has 0 radical (unpaired) electrons. The van der Waals surface area contributed by atoms with Gasteiger partial charge in [-0.05, 0) is 36.6 Å². The minimum absolute atomic E-state index is 0.00978. The van der Waals surface area contributed by atoms with Crippen LogP contribution in [-0.4, -0.2) is 44.8 Å². The molecule has 1 aliphatic heterocycles. The Balaban J connectivity index is 1.30. The zero-order chi connectivity index (χ0) is 23.7. The molecule has 1 aliphatic rings. The fourth-order valence-electron chi connectivity index (χ4n) is 4.32. The van der Waals surface area contributed by atoms with E-state index in [1.807, 2.05) is 54.6 Å². The molecular formula is C24H22N4O5S. The lowest BCUT2D eigenvalue weighted by Gasteiger charge is -2.32. The van der Waals surface area contributed by atoms with Crippen molar-refractivity contribution < 1.29 is 19.4 Å². The SMILES string of the molecule is O=C(O)Oc1sc(-c2ccccc2)cc1NC(=O)N1CCC(n2c(=O)[nH]c3ccccc32)CC1. The van der Waals surface area contributed by atoms with Gasteiger partial charge in [0.2, 0.25) is 5.06 Å². The van der Waals surface area contributed by atoms with Crippen LogP contribution in [0.5, 0.6) is 5.06 Å². The number of piperidine rings is 1. The summed E-state index contributed by atoms with van der Waals surface area (Å²) in [6.45, 7) is 0.931. The molecule has 0 atom stereocenters. The minimum atomic E-state index is -1.44. The Hall–Kier alpha value is -4.05. The number of urea groups is 1.